The zero-order chi connectivity index (χ0) is 9.52. The molecule has 1 atom stereocenters. The van der Waals surface area contributed by atoms with E-state index in [0.717, 1.165) is 6.54 Å². The standard InChI is InChI=1S/C8H14N2O2S.ClH/c1-2-9-5-7(11)6-12-8-10-3-4-13-8;/h3-4,7,9,11H,2,5-6H2,1H3;1H. The Balaban J connectivity index is 0.00000169. The number of nitrogens with one attached hydrogen (secondary N) is 1. The van der Waals surface area contributed by atoms with Gasteiger partial charge in [0.2, 0.25) is 0 Å². The second-order valence-electron chi connectivity index (χ2n) is 2.57. The molecule has 82 valence electrons. The van der Waals surface area contributed by atoms with Crippen LogP contribution in [-0.4, -0.2) is 35.9 Å². The number of likely N-dealkylation sites (N-methyl/N-ethyl adjacent to an activating group) is 1. The Bertz CT molecular complexity index is 221. The van der Waals surface area contributed by atoms with Crippen LogP contribution in [0.1, 0.15) is 6.92 Å². The number of ether oxygens (including phenoxy) is 1. The Kier molecular flexibility index (Phi) is 7.78. The fourth-order valence-corrected chi connectivity index (χ4v) is 1.31. The second-order valence-corrected chi connectivity index (χ2v) is 3.43. The maximum absolute atomic E-state index is 9.37. The molecule has 0 radical (unpaired) electrons. The summed E-state index contributed by atoms with van der Waals surface area (Å²) in [6.45, 7) is 3.70. The molecule has 0 aliphatic heterocycles. The molecule has 0 fully saturated rings. The molecule has 0 bridgehead atoms. The van der Waals surface area contributed by atoms with Crippen molar-refractivity contribution in [3.8, 4) is 5.19 Å². The van der Waals surface area contributed by atoms with Crippen molar-refractivity contribution in [2.45, 2.75) is 13.0 Å². The minimum atomic E-state index is -0.469. The summed E-state index contributed by atoms with van der Waals surface area (Å²) in [4.78, 5) is 3.93. The van der Waals surface area contributed by atoms with Gasteiger partial charge in [-0.15, -0.1) is 12.4 Å². The third-order valence-electron chi connectivity index (χ3n) is 1.44. The van der Waals surface area contributed by atoms with Crippen molar-refractivity contribution >= 4 is 23.7 Å². The number of rotatable bonds is 6. The Labute approximate surface area is 93.7 Å². The molecule has 0 amide bonds. The number of thiazole rings is 1. The molecule has 0 saturated carbocycles. The van der Waals surface area contributed by atoms with E-state index in [9.17, 15) is 5.11 Å². The first kappa shape index (κ1) is 13.6. The molecule has 2 N–H and O–H groups in total. The van der Waals surface area contributed by atoms with Crippen LogP contribution in [0.2, 0.25) is 0 Å². The number of hydrogen-bond donors (Lipinski definition) is 2. The highest BCUT2D eigenvalue weighted by atomic mass is 35.5. The largest absolute Gasteiger partial charge is 0.467 e. The van der Waals surface area contributed by atoms with E-state index in [-0.39, 0.29) is 12.4 Å². The van der Waals surface area contributed by atoms with E-state index < -0.39 is 6.10 Å². The van der Waals surface area contributed by atoms with Crippen molar-refractivity contribution in [1.29, 1.82) is 0 Å². The van der Waals surface area contributed by atoms with Crippen molar-refractivity contribution in [3.05, 3.63) is 11.6 Å². The van der Waals surface area contributed by atoms with Crippen molar-refractivity contribution in [2.24, 2.45) is 0 Å². The van der Waals surface area contributed by atoms with Crippen molar-refractivity contribution in [1.82, 2.24) is 10.3 Å². The van der Waals surface area contributed by atoms with Crippen molar-refractivity contribution in [3.63, 3.8) is 0 Å². The fourth-order valence-electron chi connectivity index (χ4n) is 0.819. The van der Waals surface area contributed by atoms with Gasteiger partial charge < -0.3 is 15.2 Å². The van der Waals surface area contributed by atoms with E-state index in [1.54, 1.807) is 6.20 Å². The minimum absolute atomic E-state index is 0. The van der Waals surface area contributed by atoms with Gasteiger partial charge in [0, 0.05) is 18.1 Å². The maximum Gasteiger partial charge on any atom is 0.273 e. The monoisotopic (exact) mass is 238 g/mol. The van der Waals surface area contributed by atoms with Crippen LogP contribution in [0.5, 0.6) is 5.19 Å². The third-order valence-corrected chi connectivity index (χ3v) is 2.12. The molecule has 1 heterocycles. The lowest BCUT2D eigenvalue weighted by Gasteiger charge is -2.10. The first-order valence-electron chi connectivity index (χ1n) is 4.24. The normalized spacial score (nSPS) is 11.9. The van der Waals surface area contributed by atoms with E-state index in [0.29, 0.717) is 18.3 Å². The zero-order valence-corrected chi connectivity index (χ0v) is 9.61. The molecular weight excluding hydrogens is 224 g/mol. The Morgan fingerprint density at radius 3 is 3.07 bits per heavy atom. The second kappa shape index (κ2) is 7.99. The smallest absolute Gasteiger partial charge is 0.273 e. The van der Waals surface area contributed by atoms with Gasteiger partial charge in [0.25, 0.3) is 5.19 Å². The molecule has 1 unspecified atom stereocenters. The molecule has 0 saturated heterocycles. The predicted molar refractivity (Wildman–Crippen MR) is 59.4 cm³/mol. The van der Waals surface area contributed by atoms with Crippen molar-refractivity contribution < 1.29 is 9.84 Å². The van der Waals surface area contributed by atoms with Gasteiger partial charge in [-0.2, -0.15) is 0 Å². The Hall–Kier alpha value is -0.360. The molecule has 4 nitrogen and oxygen atoms in total. The summed E-state index contributed by atoms with van der Waals surface area (Å²) in [7, 11) is 0. The van der Waals surface area contributed by atoms with Crippen LogP contribution in [0.25, 0.3) is 0 Å². The van der Waals surface area contributed by atoms with Gasteiger partial charge >= 0.3 is 0 Å². The van der Waals surface area contributed by atoms with E-state index in [1.807, 2.05) is 12.3 Å². The van der Waals surface area contributed by atoms with E-state index >= 15 is 0 Å². The van der Waals surface area contributed by atoms with E-state index in [2.05, 4.69) is 10.3 Å². The average molecular weight is 239 g/mol. The molecular formula is C8H15ClN2O2S. The minimum Gasteiger partial charge on any atom is -0.467 e. The quantitative estimate of drug-likeness (QED) is 0.774. The Morgan fingerprint density at radius 2 is 2.50 bits per heavy atom. The lowest BCUT2D eigenvalue weighted by molar-refractivity contribution is 0.107. The summed E-state index contributed by atoms with van der Waals surface area (Å²) >= 11 is 1.42. The molecule has 0 aromatic carbocycles. The van der Waals surface area contributed by atoms with Gasteiger partial charge in [-0.3, -0.25) is 0 Å². The van der Waals surface area contributed by atoms with Crippen LogP contribution in [0.4, 0.5) is 0 Å². The molecule has 1 aromatic rings. The summed E-state index contributed by atoms with van der Waals surface area (Å²) in [5.41, 5.74) is 0. The maximum atomic E-state index is 9.37. The number of aliphatic hydroxyl groups excluding tert-OH is 1. The lowest BCUT2D eigenvalue weighted by Crippen LogP contribution is -2.31. The highest BCUT2D eigenvalue weighted by Crippen LogP contribution is 2.13. The first-order chi connectivity index (χ1) is 6.33. The zero-order valence-electron chi connectivity index (χ0n) is 7.97. The van der Waals surface area contributed by atoms with Gasteiger partial charge in [0.15, 0.2) is 0 Å². The molecule has 1 aromatic heterocycles. The summed E-state index contributed by atoms with van der Waals surface area (Å²) < 4.78 is 5.22. The van der Waals surface area contributed by atoms with Crippen LogP contribution < -0.4 is 10.1 Å². The molecule has 14 heavy (non-hydrogen) atoms. The highest BCUT2D eigenvalue weighted by Gasteiger charge is 2.04. The summed E-state index contributed by atoms with van der Waals surface area (Å²) in [6, 6.07) is 0. The van der Waals surface area contributed by atoms with Crippen molar-refractivity contribution in [2.75, 3.05) is 19.7 Å². The number of aromatic nitrogens is 1. The number of aliphatic hydroxyl groups is 1. The van der Waals surface area contributed by atoms with E-state index in [4.69, 9.17) is 4.74 Å². The number of halogens is 1. The van der Waals surface area contributed by atoms with Crippen LogP contribution >= 0.6 is 23.7 Å². The van der Waals surface area contributed by atoms with E-state index in [1.165, 1.54) is 11.3 Å². The van der Waals surface area contributed by atoms with Crippen LogP contribution in [0.3, 0.4) is 0 Å². The first-order valence-corrected chi connectivity index (χ1v) is 5.12. The topological polar surface area (TPSA) is 54.4 Å². The molecule has 1 rings (SSSR count). The van der Waals surface area contributed by atoms with Crippen LogP contribution in [0.15, 0.2) is 11.6 Å². The number of hydrogen-bond acceptors (Lipinski definition) is 5. The van der Waals surface area contributed by atoms with Gasteiger partial charge in [0.1, 0.15) is 12.7 Å². The van der Waals surface area contributed by atoms with Gasteiger partial charge in [-0.25, -0.2) is 4.98 Å². The molecule has 6 heteroatoms. The average Bonchev–Trinajstić information content (AvgIpc) is 2.64. The summed E-state index contributed by atoms with van der Waals surface area (Å²) in [5.74, 6) is 0. The van der Waals surface area contributed by atoms with Crippen LogP contribution in [0, 0.1) is 0 Å². The Morgan fingerprint density at radius 1 is 1.71 bits per heavy atom. The highest BCUT2D eigenvalue weighted by molar-refractivity contribution is 7.11. The number of nitrogens with zero attached hydrogens (tertiary/aromatic N) is 1. The SMILES string of the molecule is CCNCC(O)COc1nccs1.Cl. The molecule has 0 spiro atoms. The predicted octanol–water partition coefficient (Wildman–Crippen LogP) is 0.914. The molecule has 0 aliphatic carbocycles. The lowest BCUT2D eigenvalue weighted by atomic mass is 10.4. The van der Waals surface area contributed by atoms with Crippen LogP contribution in [-0.2, 0) is 0 Å². The third kappa shape index (κ3) is 5.39. The van der Waals surface area contributed by atoms with Gasteiger partial charge in [-0.05, 0) is 6.54 Å². The summed E-state index contributed by atoms with van der Waals surface area (Å²) in [6.07, 6.45) is 1.21. The van der Waals surface area contributed by atoms with Gasteiger partial charge in [0.05, 0.1) is 0 Å². The summed E-state index contributed by atoms with van der Waals surface area (Å²) in [5, 5.41) is 14.8. The van der Waals surface area contributed by atoms with Gasteiger partial charge in [-0.1, -0.05) is 18.3 Å². The fraction of sp³-hybridized carbons (Fsp3) is 0.625. The molecule has 0 aliphatic rings.